The summed E-state index contributed by atoms with van der Waals surface area (Å²) >= 11 is 0. The second-order valence-electron chi connectivity index (χ2n) is 9.29. The maximum atomic E-state index is 11.9. The Morgan fingerprint density at radius 1 is 1.09 bits per heavy atom. The van der Waals surface area contributed by atoms with Crippen molar-refractivity contribution in [2.75, 3.05) is 48.5 Å². The second kappa shape index (κ2) is 10.4. The summed E-state index contributed by atoms with van der Waals surface area (Å²) in [5, 5.41) is 5.13. The third-order valence-corrected chi connectivity index (χ3v) is 6.73. The van der Waals surface area contributed by atoms with E-state index in [1.807, 2.05) is 23.2 Å². The average Bonchev–Trinajstić information content (AvgIpc) is 2.85. The molecule has 5 rings (SSSR count). The Balaban J connectivity index is 1.40. The minimum atomic E-state index is 0.327. The molecule has 2 aliphatic rings. The number of hydrogen-bond donors (Lipinski definition) is 2. The van der Waals surface area contributed by atoms with E-state index in [-0.39, 0.29) is 0 Å². The Hall–Kier alpha value is -3.56. The smallest absolute Gasteiger partial charge is 0.229 e. The molecule has 182 valence electrons. The summed E-state index contributed by atoms with van der Waals surface area (Å²) in [6.07, 6.45) is 7.42. The first kappa shape index (κ1) is 23.2. The van der Waals surface area contributed by atoms with Gasteiger partial charge in [0.05, 0.1) is 5.56 Å². The zero-order valence-corrected chi connectivity index (χ0v) is 20.3. The van der Waals surface area contributed by atoms with Gasteiger partial charge in [-0.15, -0.1) is 0 Å². The van der Waals surface area contributed by atoms with Crippen molar-refractivity contribution < 1.29 is 4.79 Å². The van der Waals surface area contributed by atoms with Crippen LogP contribution in [0.1, 0.15) is 35.2 Å². The maximum Gasteiger partial charge on any atom is 0.229 e. The molecule has 1 saturated heterocycles. The maximum absolute atomic E-state index is 11.9. The van der Waals surface area contributed by atoms with Crippen LogP contribution in [0.3, 0.4) is 0 Å². The molecule has 9 nitrogen and oxygen atoms in total. The zero-order valence-electron chi connectivity index (χ0n) is 20.3. The number of benzene rings is 1. The molecular formula is C26H32N8O. The van der Waals surface area contributed by atoms with Gasteiger partial charge in [-0.2, -0.15) is 4.98 Å². The van der Waals surface area contributed by atoms with Gasteiger partial charge < -0.3 is 15.1 Å². The van der Waals surface area contributed by atoms with E-state index in [2.05, 4.69) is 62.7 Å². The van der Waals surface area contributed by atoms with Gasteiger partial charge in [-0.25, -0.2) is 20.4 Å². The molecule has 1 saturated carbocycles. The molecule has 0 spiro atoms. The fourth-order valence-electron chi connectivity index (χ4n) is 4.41. The van der Waals surface area contributed by atoms with Crippen molar-refractivity contribution in [3.8, 4) is 0 Å². The van der Waals surface area contributed by atoms with Crippen molar-refractivity contribution >= 4 is 35.2 Å². The van der Waals surface area contributed by atoms with Gasteiger partial charge in [0.25, 0.3) is 0 Å². The van der Waals surface area contributed by atoms with Crippen LogP contribution in [0.15, 0.2) is 48.8 Å². The van der Waals surface area contributed by atoms with E-state index < -0.39 is 0 Å². The molecule has 2 fully saturated rings. The molecule has 2 aromatic heterocycles. The van der Waals surface area contributed by atoms with E-state index in [0.717, 1.165) is 51.0 Å². The number of anilines is 5. The molecule has 9 heteroatoms. The number of carbonyl (C=O) groups excluding carboxylic acids is 1. The number of nitrogens with one attached hydrogen (secondary N) is 2. The van der Waals surface area contributed by atoms with Crippen LogP contribution in [-0.2, 0) is 0 Å². The first-order chi connectivity index (χ1) is 17.1. The quantitative estimate of drug-likeness (QED) is 0.376. The van der Waals surface area contributed by atoms with Crippen LogP contribution < -0.4 is 20.7 Å². The van der Waals surface area contributed by atoms with E-state index in [1.54, 1.807) is 12.4 Å². The number of likely N-dealkylation sites (N-methyl/N-ethyl adjacent to an activating group) is 1. The summed E-state index contributed by atoms with van der Waals surface area (Å²) in [6, 6.07) is 12.3. The number of piperazine rings is 1. The van der Waals surface area contributed by atoms with Crippen LogP contribution in [0.25, 0.3) is 0 Å². The predicted octanol–water partition coefficient (Wildman–Crippen LogP) is 3.68. The second-order valence-corrected chi connectivity index (χ2v) is 9.29. The van der Waals surface area contributed by atoms with Crippen LogP contribution in [0, 0.1) is 6.92 Å². The topological polar surface area (TPSA) is 89.5 Å². The first-order valence-corrected chi connectivity index (χ1v) is 12.2. The molecule has 0 unspecified atom stereocenters. The number of carbonyl (C=O) groups is 1. The summed E-state index contributed by atoms with van der Waals surface area (Å²) in [4.78, 5) is 30.3. The molecule has 2 N–H and O–H groups in total. The van der Waals surface area contributed by atoms with E-state index in [9.17, 15) is 4.79 Å². The number of aldehydes is 1. The largest absolute Gasteiger partial charge is 0.369 e. The van der Waals surface area contributed by atoms with Crippen LogP contribution >= 0.6 is 0 Å². The summed E-state index contributed by atoms with van der Waals surface area (Å²) in [5.74, 6) is 1.59. The third kappa shape index (κ3) is 5.26. The summed E-state index contributed by atoms with van der Waals surface area (Å²) in [6.45, 7) is 6.33. The summed E-state index contributed by atoms with van der Waals surface area (Å²) in [5.41, 5.74) is 7.25. The molecule has 3 aromatic rings. The SMILES string of the molecule is Cc1cc(Nc2ncc(C=O)c(N(NC3CCC3)c3ccccn3)n2)ccc1N1CCN(C)CC1. The van der Waals surface area contributed by atoms with Crippen molar-refractivity contribution in [2.24, 2.45) is 0 Å². The number of hydrogen-bond acceptors (Lipinski definition) is 9. The Morgan fingerprint density at radius 3 is 2.57 bits per heavy atom. The highest BCUT2D eigenvalue weighted by molar-refractivity contribution is 5.84. The highest BCUT2D eigenvalue weighted by atomic mass is 16.1. The Bertz CT molecular complexity index is 1160. The highest BCUT2D eigenvalue weighted by Crippen LogP contribution is 2.29. The van der Waals surface area contributed by atoms with E-state index in [4.69, 9.17) is 4.98 Å². The third-order valence-electron chi connectivity index (χ3n) is 6.73. The number of aromatic nitrogens is 3. The van der Waals surface area contributed by atoms with Crippen molar-refractivity contribution in [1.82, 2.24) is 25.3 Å². The van der Waals surface area contributed by atoms with Crippen LogP contribution in [-0.4, -0.2) is 65.4 Å². The molecule has 1 aliphatic carbocycles. The number of aryl methyl sites for hydroxylation is 1. The standard InChI is InChI=1S/C26H32N8O/c1-19-16-22(9-10-23(19)33-14-12-32(2)13-15-33)29-26-28-17-20(18-35)25(30-26)34(31-21-6-5-7-21)24-8-3-4-11-27-24/h3-4,8-11,16-18,21,31H,5-7,12-15H2,1-2H3,(H,28,29,30). The van der Waals surface area contributed by atoms with Gasteiger partial charge >= 0.3 is 0 Å². The van der Waals surface area contributed by atoms with Crippen molar-refractivity contribution in [1.29, 1.82) is 0 Å². The average molecular weight is 473 g/mol. The lowest BCUT2D eigenvalue weighted by Crippen LogP contribution is -2.46. The zero-order chi connectivity index (χ0) is 24.2. The van der Waals surface area contributed by atoms with E-state index >= 15 is 0 Å². The highest BCUT2D eigenvalue weighted by Gasteiger charge is 2.25. The molecule has 1 aromatic carbocycles. The Kier molecular flexibility index (Phi) is 6.87. The van der Waals surface area contributed by atoms with Gasteiger partial charge in [0.15, 0.2) is 12.1 Å². The molecule has 0 amide bonds. The minimum absolute atomic E-state index is 0.327. The van der Waals surface area contributed by atoms with Crippen LogP contribution in [0.2, 0.25) is 0 Å². The molecule has 3 heterocycles. The number of hydrazine groups is 1. The fraction of sp³-hybridized carbons (Fsp3) is 0.385. The lowest BCUT2D eigenvalue weighted by Gasteiger charge is -2.35. The normalized spacial score (nSPS) is 16.6. The lowest BCUT2D eigenvalue weighted by atomic mass is 9.94. The van der Waals surface area contributed by atoms with Gasteiger partial charge in [0, 0.05) is 56.0 Å². The van der Waals surface area contributed by atoms with Gasteiger partial charge in [-0.05, 0) is 62.7 Å². The van der Waals surface area contributed by atoms with E-state index in [0.29, 0.717) is 29.2 Å². The molecule has 35 heavy (non-hydrogen) atoms. The van der Waals surface area contributed by atoms with Gasteiger partial charge in [0.2, 0.25) is 5.95 Å². The number of nitrogens with zero attached hydrogens (tertiary/aromatic N) is 6. The minimum Gasteiger partial charge on any atom is -0.369 e. The predicted molar refractivity (Wildman–Crippen MR) is 139 cm³/mol. The molecule has 0 bridgehead atoms. The number of rotatable bonds is 8. The van der Waals surface area contributed by atoms with Gasteiger partial charge in [-0.1, -0.05) is 12.5 Å². The van der Waals surface area contributed by atoms with Gasteiger partial charge in [0.1, 0.15) is 5.82 Å². The molecule has 1 aliphatic heterocycles. The first-order valence-electron chi connectivity index (χ1n) is 12.2. The molecule has 0 atom stereocenters. The van der Waals surface area contributed by atoms with Crippen LogP contribution in [0.5, 0.6) is 0 Å². The molecule has 0 radical (unpaired) electrons. The summed E-state index contributed by atoms with van der Waals surface area (Å²) in [7, 11) is 2.16. The van der Waals surface area contributed by atoms with E-state index in [1.165, 1.54) is 17.7 Å². The Morgan fingerprint density at radius 2 is 1.91 bits per heavy atom. The van der Waals surface area contributed by atoms with Crippen molar-refractivity contribution in [3.63, 3.8) is 0 Å². The Labute approximate surface area is 206 Å². The van der Waals surface area contributed by atoms with Crippen molar-refractivity contribution in [2.45, 2.75) is 32.2 Å². The monoisotopic (exact) mass is 472 g/mol. The van der Waals surface area contributed by atoms with Crippen LogP contribution in [0.4, 0.5) is 29.0 Å². The van der Waals surface area contributed by atoms with Crippen molar-refractivity contribution in [3.05, 3.63) is 59.9 Å². The lowest BCUT2D eigenvalue weighted by molar-refractivity contribution is 0.112. The molecular weight excluding hydrogens is 440 g/mol. The number of pyridine rings is 1. The summed E-state index contributed by atoms with van der Waals surface area (Å²) < 4.78 is 0. The van der Waals surface area contributed by atoms with Gasteiger partial charge in [-0.3, -0.25) is 4.79 Å². The fourth-order valence-corrected chi connectivity index (χ4v) is 4.41.